The number of rotatable bonds is 6. The van der Waals surface area contributed by atoms with Crippen LogP contribution in [0.15, 0.2) is 60.7 Å². The number of methoxy groups -OCH3 is 1. The average molecular weight is 613 g/mol. The number of hydrogen-bond acceptors (Lipinski definition) is 6. The van der Waals surface area contributed by atoms with Crippen LogP contribution in [0.4, 0.5) is 29.7 Å². The van der Waals surface area contributed by atoms with Crippen LogP contribution in [0, 0.1) is 11.6 Å². The highest BCUT2D eigenvalue weighted by Crippen LogP contribution is 2.46. The van der Waals surface area contributed by atoms with Gasteiger partial charge in [0.05, 0.1) is 24.9 Å². The zero-order valence-electron chi connectivity index (χ0n) is 22.9. The van der Waals surface area contributed by atoms with Crippen LogP contribution in [0.25, 0.3) is 0 Å². The fraction of sp³-hybridized carbons (Fsp3) is 0.267. The Balaban J connectivity index is 1.41. The van der Waals surface area contributed by atoms with E-state index in [-0.39, 0.29) is 42.7 Å². The van der Waals surface area contributed by atoms with E-state index in [1.54, 1.807) is 12.1 Å². The third kappa shape index (κ3) is 6.24. The van der Waals surface area contributed by atoms with Gasteiger partial charge in [0.2, 0.25) is 5.91 Å². The van der Waals surface area contributed by atoms with Crippen molar-refractivity contribution in [3.63, 3.8) is 0 Å². The van der Waals surface area contributed by atoms with Crippen LogP contribution in [0.2, 0.25) is 5.02 Å². The molecule has 5 rings (SSSR count). The van der Waals surface area contributed by atoms with Crippen molar-refractivity contribution in [3.8, 4) is 0 Å². The average Bonchev–Trinajstić information content (AvgIpc) is 2.99. The molecule has 13 heteroatoms. The van der Waals surface area contributed by atoms with Crippen molar-refractivity contribution in [2.24, 2.45) is 0 Å². The predicted octanol–water partition coefficient (Wildman–Crippen LogP) is 5.22. The SMILES string of the molecule is COC(=O)Nc1ccc(C(=O)N[C@@H](Cc2ccccc2)C(=O)N2CCC[C@@]3(C2)OC(=O)Nc2cc(F)c(Cl)c(F)c23)cc1. The lowest BCUT2D eigenvalue weighted by Crippen LogP contribution is -2.58. The molecule has 0 radical (unpaired) electrons. The number of amides is 4. The Morgan fingerprint density at radius 2 is 1.86 bits per heavy atom. The normalized spacial score (nSPS) is 18.1. The van der Waals surface area contributed by atoms with Crippen LogP contribution >= 0.6 is 11.6 Å². The van der Waals surface area contributed by atoms with Gasteiger partial charge in [-0.05, 0) is 48.7 Å². The number of ether oxygens (including phenoxy) is 2. The van der Waals surface area contributed by atoms with Crippen LogP contribution < -0.4 is 16.0 Å². The number of hydrogen-bond donors (Lipinski definition) is 3. The smallest absolute Gasteiger partial charge is 0.412 e. The first-order chi connectivity index (χ1) is 20.6. The molecule has 1 spiro atoms. The van der Waals surface area contributed by atoms with E-state index in [0.29, 0.717) is 12.1 Å². The minimum Gasteiger partial charge on any atom is -0.453 e. The maximum atomic E-state index is 15.4. The molecular formula is C30H27ClF2N4O6. The van der Waals surface area contributed by atoms with Gasteiger partial charge in [-0.25, -0.2) is 18.4 Å². The summed E-state index contributed by atoms with van der Waals surface area (Å²) in [5.41, 5.74) is -0.460. The highest BCUT2D eigenvalue weighted by molar-refractivity contribution is 6.31. The molecule has 0 unspecified atom stereocenters. The summed E-state index contributed by atoms with van der Waals surface area (Å²) in [6.45, 7) is 0.00663. The Kier molecular flexibility index (Phi) is 8.49. The molecule has 4 amide bonds. The monoisotopic (exact) mass is 612 g/mol. The maximum Gasteiger partial charge on any atom is 0.412 e. The molecule has 1 saturated heterocycles. The number of carbonyl (C=O) groups excluding carboxylic acids is 4. The van der Waals surface area contributed by atoms with E-state index in [4.69, 9.17) is 16.3 Å². The second kappa shape index (κ2) is 12.3. The van der Waals surface area contributed by atoms with Crippen LogP contribution in [0.5, 0.6) is 0 Å². The molecule has 3 aromatic carbocycles. The van der Waals surface area contributed by atoms with Crippen molar-refractivity contribution >= 4 is 47.0 Å². The Labute approximate surface area is 250 Å². The van der Waals surface area contributed by atoms with Crippen molar-refractivity contribution in [1.82, 2.24) is 10.2 Å². The van der Waals surface area contributed by atoms with Crippen molar-refractivity contribution in [2.75, 3.05) is 30.8 Å². The molecule has 1 fully saturated rings. The summed E-state index contributed by atoms with van der Waals surface area (Å²) < 4.78 is 39.8. The second-order valence-electron chi connectivity index (χ2n) is 10.2. The van der Waals surface area contributed by atoms with Crippen molar-refractivity contribution in [2.45, 2.75) is 30.9 Å². The molecule has 0 saturated carbocycles. The first kappa shape index (κ1) is 29.8. The molecule has 3 aromatic rings. The topological polar surface area (TPSA) is 126 Å². The fourth-order valence-corrected chi connectivity index (χ4v) is 5.54. The lowest BCUT2D eigenvalue weighted by molar-refractivity contribution is -0.141. The summed E-state index contributed by atoms with van der Waals surface area (Å²) in [6, 6.07) is 14.9. The Morgan fingerprint density at radius 3 is 2.56 bits per heavy atom. The van der Waals surface area contributed by atoms with Crippen molar-refractivity contribution in [1.29, 1.82) is 0 Å². The molecule has 224 valence electrons. The third-order valence-corrected chi connectivity index (χ3v) is 7.72. The lowest BCUT2D eigenvalue weighted by Gasteiger charge is -2.45. The molecule has 2 aliphatic rings. The summed E-state index contributed by atoms with van der Waals surface area (Å²) in [4.78, 5) is 52.6. The van der Waals surface area contributed by atoms with Gasteiger partial charge < -0.3 is 19.7 Å². The summed E-state index contributed by atoms with van der Waals surface area (Å²) >= 11 is 5.88. The van der Waals surface area contributed by atoms with Crippen LogP contribution in [0.3, 0.4) is 0 Å². The molecule has 2 atom stereocenters. The summed E-state index contributed by atoms with van der Waals surface area (Å²) in [6.07, 6.45) is -0.951. The van der Waals surface area contributed by atoms with E-state index >= 15 is 4.39 Å². The van der Waals surface area contributed by atoms with E-state index in [1.807, 2.05) is 18.2 Å². The summed E-state index contributed by atoms with van der Waals surface area (Å²) in [5, 5.41) is 6.85. The molecule has 0 aromatic heterocycles. The van der Waals surface area contributed by atoms with Crippen molar-refractivity contribution in [3.05, 3.63) is 94.0 Å². The summed E-state index contributed by atoms with van der Waals surface area (Å²) in [5.74, 6) is -3.15. The van der Waals surface area contributed by atoms with Gasteiger partial charge in [0.1, 0.15) is 16.9 Å². The molecule has 0 aliphatic carbocycles. The number of carbonyl (C=O) groups is 4. The number of benzene rings is 3. The number of nitrogens with one attached hydrogen (secondary N) is 3. The quantitative estimate of drug-likeness (QED) is 0.328. The number of anilines is 2. The predicted molar refractivity (Wildman–Crippen MR) is 153 cm³/mol. The Morgan fingerprint density at radius 1 is 1.14 bits per heavy atom. The Bertz CT molecular complexity index is 1570. The largest absolute Gasteiger partial charge is 0.453 e. The molecule has 3 N–H and O–H groups in total. The van der Waals surface area contributed by atoms with Gasteiger partial charge in [-0.2, -0.15) is 0 Å². The Hall–Kier alpha value is -4.71. The van der Waals surface area contributed by atoms with Gasteiger partial charge in [0.25, 0.3) is 5.91 Å². The van der Waals surface area contributed by atoms with E-state index in [9.17, 15) is 23.6 Å². The third-order valence-electron chi connectivity index (χ3n) is 7.37. The molecule has 2 aliphatic heterocycles. The molecule has 10 nitrogen and oxygen atoms in total. The van der Waals surface area contributed by atoms with Gasteiger partial charge in [0.15, 0.2) is 11.4 Å². The number of nitrogens with zero attached hydrogens (tertiary/aromatic N) is 1. The fourth-order valence-electron chi connectivity index (χ4n) is 5.39. The highest BCUT2D eigenvalue weighted by atomic mass is 35.5. The zero-order chi connectivity index (χ0) is 30.7. The van der Waals surface area contributed by atoms with Gasteiger partial charge in [0, 0.05) is 24.2 Å². The molecule has 43 heavy (non-hydrogen) atoms. The van der Waals surface area contributed by atoms with E-state index < -0.39 is 52.3 Å². The van der Waals surface area contributed by atoms with Crippen LogP contribution in [0.1, 0.15) is 34.3 Å². The van der Waals surface area contributed by atoms with Gasteiger partial charge in [-0.3, -0.25) is 20.2 Å². The number of piperidine rings is 1. The molecule has 0 bridgehead atoms. The van der Waals surface area contributed by atoms with Gasteiger partial charge >= 0.3 is 12.2 Å². The standard InChI is InChI=1S/C30H27ClF2N4O6/c1-42-28(40)34-19-10-8-18(9-11-19)26(38)35-22(14-17-6-3-2-4-7-17)27(39)37-13-5-12-30(16-37)23-21(36-29(41)43-30)15-20(32)24(31)25(23)33/h2-4,6-11,15,22H,5,12-14,16H2,1H3,(H,34,40)(H,35,38)(H,36,41)/t22-,30-/m0/s1. The highest BCUT2D eigenvalue weighted by Gasteiger charge is 2.49. The zero-order valence-corrected chi connectivity index (χ0v) is 23.7. The summed E-state index contributed by atoms with van der Waals surface area (Å²) in [7, 11) is 1.23. The minimum atomic E-state index is -1.61. The maximum absolute atomic E-state index is 15.4. The number of fused-ring (bicyclic) bond motifs is 2. The van der Waals surface area contributed by atoms with E-state index in [2.05, 4.69) is 20.7 Å². The molecule has 2 heterocycles. The van der Waals surface area contributed by atoms with Crippen molar-refractivity contribution < 1.29 is 37.4 Å². The first-order valence-corrected chi connectivity index (χ1v) is 13.7. The number of likely N-dealkylation sites (tertiary alicyclic amines) is 1. The molecular weight excluding hydrogens is 586 g/mol. The van der Waals surface area contributed by atoms with Crippen LogP contribution in [-0.4, -0.2) is 55.1 Å². The van der Waals surface area contributed by atoms with E-state index in [1.165, 1.54) is 36.3 Å². The van der Waals surface area contributed by atoms with Gasteiger partial charge in [-0.15, -0.1) is 0 Å². The van der Waals surface area contributed by atoms with Crippen LogP contribution in [-0.2, 0) is 26.3 Å². The van der Waals surface area contributed by atoms with E-state index in [0.717, 1.165) is 11.6 Å². The first-order valence-electron chi connectivity index (χ1n) is 13.4. The second-order valence-corrected chi connectivity index (χ2v) is 10.6. The minimum absolute atomic E-state index is 0.121. The lowest BCUT2D eigenvalue weighted by atomic mass is 9.82. The van der Waals surface area contributed by atoms with Gasteiger partial charge in [-0.1, -0.05) is 41.9 Å². The number of halogens is 3.